The summed E-state index contributed by atoms with van der Waals surface area (Å²) in [5.41, 5.74) is 0.245. The summed E-state index contributed by atoms with van der Waals surface area (Å²) in [6.07, 6.45) is 1.07. The van der Waals surface area contributed by atoms with E-state index in [9.17, 15) is 5.11 Å². The fourth-order valence-corrected chi connectivity index (χ4v) is 4.63. The van der Waals surface area contributed by atoms with E-state index in [2.05, 4.69) is 36.3 Å². The Bertz CT molecular complexity index is 1020. The predicted octanol–water partition coefficient (Wildman–Crippen LogP) is 6.43. The minimum atomic E-state index is -1.34. The Morgan fingerprint density at radius 1 is 0.871 bits per heavy atom. The Labute approximate surface area is 188 Å². The van der Waals surface area contributed by atoms with Gasteiger partial charge in [-0.3, -0.25) is 4.90 Å². The molecule has 4 aromatic rings. The van der Waals surface area contributed by atoms with Gasteiger partial charge in [0.2, 0.25) is 0 Å². The number of thiophene rings is 1. The molecule has 2 heterocycles. The van der Waals surface area contributed by atoms with E-state index in [4.69, 9.17) is 4.42 Å². The molecule has 1 atom stereocenters. The summed E-state index contributed by atoms with van der Waals surface area (Å²) in [4.78, 5) is 3.77. The first kappa shape index (κ1) is 21.6. The molecule has 0 spiro atoms. The van der Waals surface area contributed by atoms with Gasteiger partial charge in [-0.1, -0.05) is 73.7 Å². The zero-order chi connectivity index (χ0) is 21.7. The topological polar surface area (TPSA) is 36.6 Å². The van der Waals surface area contributed by atoms with Gasteiger partial charge in [-0.05, 0) is 48.1 Å². The van der Waals surface area contributed by atoms with E-state index in [0.717, 1.165) is 29.9 Å². The Morgan fingerprint density at radius 3 is 2.06 bits per heavy atom. The van der Waals surface area contributed by atoms with Crippen LogP contribution in [0.15, 0.2) is 94.7 Å². The van der Waals surface area contributed by atoms with Crippen LogP contribution in [-0.4, -0.2) is 16.0 Å². The van der Waals surface area contributed by atoms with Crippen LogP contribution in [-0.2, 0) is 18.7 Å². The second-order valence-electron chi connectivity index (χ2n) is 7.95. The van der Waals surface area contributed by atoms with E-state index >= 15 is 0 Å². The SMILES string of the molecule is CCC(C)N(Cc1ccc(C(O)(c2ccccc2)c2ccccc2)o1)Cc1cccs1. The summed E-state index contributed by atoms with van der Waals surface area (Å²) in [6.45, 7) is 6.06. The number of rotatable bonds is 9. The molecule has 4 rings (SSSR count). The van der Waals surface area contributed by atoms with Crippen LogP contribution in [0.25, 0.3) is 0 Å². The van der Waals surface area contributed by atoms with Crippen molar-refractivity contribution in [3.05, 3.63) is 118 Å². The monoisotopic (exact) mass is 431 g/mol. The first-order chi connectivity index (χ1) is 15.1. The lowest BCUT2D eigenvalue weighted by Crippen LogP contribution is -2.31. The molecule has 0 bridgehead atoms. The molecule has 0 aliphatic rings. The number of furan rings is 1. The standard InChI is InChI=1S/C27H29NO2S/c1-3-21(2)28(20-25-15-10-18-31-25)19-24-16-17-26(30-24)27(29,22-11-6-4-7-12-22)23-13-8-5-9-14-23/h4-18,21,29H,3,19-20H2,1-2H3. The zero-order valence-corrected chi connectivity index (χ0v) is 18.9. The lowest BCUT2D eigenvalue weighted by molar-refractivity contribution is 0.0935. The highest BCUT2D eigenvalue weighted by atomic mass is 32.1. The molecule has 2 aromatic carbocycles. The van der Waals surface area contributed by atoms with Gasteiger partial charge in [0.25, 0.3) is 0 Å². The second-order valence-corrected chi connectivity index (χ2v) is 8.98. The van der Waals surface area contributed by atoms with Crippen LogP contribution in [0, 0.1) is 0 Å². The smallest absolute Gasteiger partial charge is 0.173 e. The molecule has 31 heavy (non-hydrogen) atoms. The van der Waals surface area contributed by atoms with Crippen LogP contribution in [0.1, 0.15) is 47.8 Å². The van der Waals surface area contributed by atoms with Gasteiger partial charge in [0.05, 0.1) is 6.54 Å². The summed E-state index contributed by atoms with van der Waals surface area (Å²) in [5, 5.41) is 14.0. The number of nitrogens with zero attached hydrogens (tertiary/aromatic N) is 1. The molecular formula is C27H29NO2S. The summed E-state index contributed by atoms with van der Waals surface area (Å²) < 4.78 is 6.31. The zero-order valence-electron chi connectivity index (χ0n) is 18.1. The molecule has 4 heteroatoms. The van der Waals surface area contributed by atoms with Crippen LogP contribution in [0.4, 0.5) is 0 Å². The van der Waals surface area contributed by atoms with Gasteiger partial charge in [-0.15, -0.1) is 11.3 Å². The highest BCUT2D eigenvalue weighted by Gasteiger charge is 2.37. The average molecular weight is 432 g/mol. The molecule has 1 unspecified atom stereocenters. The minimum Gasteiger partial charge on any atom is -0.461 e. The second kappa shape index (κ2) is 9.65. The third kappa shape index (κ3) is 4.67. The summed E-state index contributed by atoms with van der Waals surface area (Å²) in [5.74, 6) is 1.40. The van der Waals surface area contributed by atoms with Crippen molar-refractivity contribution in [2.45, 2.75) is 45.0 Å². The Hall–Kier alpha value is -2.66. The van der Waals surface area contributed by atoms with Gasteiger partial charge >= 0.3 is 0 Å². The van der Waals surface area contributed by atoms with Crippen molar-refractivity contribution in [3.8, 4) is 0 Å². The minimum absolute atomic E-state index is 0.429. The Morgan fingerprint density at radius 2 is 1.52 bits per heavy atom. The van der Waals surface area contributed by atoms with Crippen molar-refractivity contribution in [3.63, 3.8) is 0 Å². The van der Waals surface area contributed by atoms with E-state index in [0.29, 0.717) is 18.3 Å². The molecule has 3 nitrogen and oxygen atoms in total. The molecule has 0 amide bonds. The van der Waals surface area contributed by atoms with E-state index in [1.54, 1.807) is 11.3 Å². The predicted molar refractivity (Wildman–Crippen MR) is 127 cm³/mol. The van der Waals surface area contributed by atoms with E-state index in [1.165, 1.54) is 4.88 Å². The fourth-order valence-electron chi connectivity index (χ4n) is 3.90. The molecule has 0 saturated carbocycles. The van der Waals surface area contributed by atoms with Crippen LogP contribution >= 0.6 is 11.3 Å². The molecule has 0 saturated heterocycles. The molecule has 0 fully saturated rings. The van der Waals surface area contributed by atoms with Gasteiger partial charge in [-0.2, -0.15) is 0 Å². The first-order valence-electron chi connectivity index (χ1n) is 10.8. The summed E-state index contributed by atoms with van der Waals surface area (Å²) >= 11 is 1.78. The highest BCUT2D eigenvalue weighted by Crippen LogP contribution is 2.37. The van der Waals surface area contributed by atoms with Crippen LogP contribution < -0.4 is 0 Å². The molecule has 0 aliphatic carbocycles. The highest BCUT2D eigenvalue weighted by molar-refractivity contribution is 7.09. The van der Waals surface area contributed by atoms with Gasteiger partial charge < -0.3 is 9.52 Å². The third-order valence-corrected chi connectivity index (χ3v) is 6.77. The molecule has 160 valence electrons. The van der Waals surface area contributed by atoms with E-state index in [-0.39, 0.29) is 0 Å². The van der Waals surface area contributed by atoms with Gasteiger partial charge in [-0.25, -0.2) is 0 Å². The van der Waals surface area contributed by atoms with E-state index < -0.39 is 5.60 Å². The Balaban J connectivity index is 1.66. The van der Waals surface area contributed by atoms with Gasteiger partial charge in [0.15, 0.2) is 5.60 Å². The number of benzene rings is 2. The van der Waals surface area contributed by atoms with Crippen molar-refractivity contribution >= 4 is 11.3 Å². The largest absolute Gasteiger partial charge is 0.461 e. The van der Waals surface area contributed by atoms with Gasteiger partial charge in [0.1, 0.15) is 11.5 Å². The van der Waals surface area contributed by atoms with Crippen LogP contribution in [0.2, 0.25) is 0 Å². The maximum absolute atomic E-state index is 11.9. The molecule has 1 N–H and O–H groups in total. The number of hydrogen-bond donors (Lipinski definition) is 1. The molecular weight excluding hydrogens is 402 g/mol. The van der Waals surface area contributed by atoms with Crippen molar-refractivity contribution < 1.29 is 9.52 Å². The maximum Gasteiger partial charge on any atom is 0.173 e. The lowest BCUT2D eigenvalue weighted by Gasteiger charge is -2.28. The van der Waals surface area contributed by atoms with Crippen molar-refractivity contribution in [2.24, 2.45) is 0 Å². The summed E-state index contributed by atoms with van der Waals surface area (Å²) in [7, 11) is 0. The van der Waals surface area contributed by atoms with Crippen molar-refractivity contribution in [1.82, 2.24) is 4.90 Å². The van der Waals surface area contributed by atoms with Crippen LogP contribution in [0.3, 0.4) is 0 Å². The quantitative estimate of drug-likeness (QED) is 0.332. The number of aliphatic hydroxyl groups is 1. The van der Waals surface area contributed by atoms with Gasteiger partial charge in [0, 0.05) is 17.5 Å². The normalized spacial score (nSPS) is 12.9. The molecule has 0 aliphatic heterocycles. The summed E-state index contributed by atoms with van der Waals surface area (Å²) in [6, 6.07) is 28.1. The van der Waals surface area contributed by atoms with Crippen LogP contribution in [0.5, 0.6) is 0 Å². The Kier molecular flexibility index (Phi) is 6.71. The third-order valence-electron chi connectivity index (χ3n) is 5.91. The molecule has 2 aromatic heterocycles. The lowest BCUT2D eigenvalue weighted by atomic mass is 9.84. The van der Waals surface area contributed by atoms with E-state index in [1.807, 2.05) is 72.8 Å². The number of hydrogen-bond acceptors (Lipinski definition) is 4. The van der Waals surface area contributed by atoms with Crippen molar-refractivity contribution in [1.29, 1.82) is 0 Å². The van der Waals surface area contributed by atoms with Crippen molar-refractivity contribution in [2.75, 3.05) is 0 Å². The molecule has 0 radical (unpaired) electrons. The maximum atomic E-state index is 11.9. The average Bonchev–Trinajstić information content (AvgIpc) is 3.51. The first-order valence-corrected chi connectivity index (χ1v) is 11.7. The fraction of sp³-hybridized carbons (Fsp3) is 0.259.